The van der Waals surface area contributed by atoms with Crippen molar-refractivity contribution in [1.82, 2.24) is 0 Å². The molecule has 108 valence electrons. The van der Waals surface area contributed by atoms with Crippen molar-refractivity contribution in [3.63, 3.8) is 0 Å². The Balaban J connectivity index is 2.21. The van der Waals surface area contributed by atoms with Gasteiger partial charge in [-0.1, -0.05) is 23.2 Å². The van der Waals surface area contributed by atoms with Gasteiger partial charge in [-0.25, -0.2) is 0 Å². The number of benzene rings is 1. The van der Waals surface area contributed by atoms with Crippen molar-refractivity contribution in [2.45, 2.75) is 12.5 Å². The highest BCUT2D eigenvalue weighted by atomic mass is 35.5. The van der Waals surface area contributed by atoms with E-state index >= 15 is 0 Å². The van der Waals surface area contributed by atoms with E-state index in [1.54, 1.807) is 11.8 Å². The molecule has 20 heavy (non-hydrogen) atoms. The number of carbonyl (C=O) groups is 1. The van der Waals surface area contributed by atoms with Gasteiger partial charge in [0, 0.05) is 0 Å². The Morgan fingerprint density at radius 1 is 1.45 bits per heavy atom. The highest BCUT2D eigenvalue weighted by Crippen LogP contribution is 2.47. The summed E-state index contributed by atoms with van der Waals surface area (Å²) in [5, 5.41) is 3.44. The number of nitrogens with two attached hydrogens (primary N) is 1. The van der Waals surface area contributed by atoms with E-state index in [2.05, 4.69) is 14.0 Å². The van der Waals surface area contributed by atoms with Crippen molar-refractivity contribution >= 4 is 69.3 Å². The molecule has 5 nitrogen and oxygen atoms in total. The zero-order chi connectivity index (χ0) is 14.7. The third kappa shape index (κ3) is 3.35. The maximum Gasteiger partial charge on any atom is 0.241 e. The fourth-order valence-electron chi connectivity index (χ4n) is 1.58. The molecule has 3 N–H and O–H groups in total. The van der Waals surface area contributed by atoms with Gasteiger partial charge in [0.15, 0.2) is 0 Å². The van der Waals surface area contributed by atoms with Crippen molar-refractivity contribution in [2.24, 2.45) is 14.5 Å². The van der Waals surface area contributed by atoms with E-state index in [0.29, 0.717) is 33.5 Å². The van der Waals surface area contributed by atoms with Gasteiger partial charge in [0.25, 0.3) is 0 Å². The van der Waals surface area contributed by atoms with Gasteiger partial charge in [-0.3, -0.25) is 4.79 Å². The number of rotatable bonds is 5. The third-order valence-corrected chi connectivity index (χ3v) is 4.42. The van der Waals surface area contributed by atoms with Crippen molar-refractivity contribution in [2.75, 3.05) is 17.3 Å². The standard InChI is InChI=1S/C11H12Cl2N4OS2/c1-19-3-2-7(14)11(18)15-8-5(12)4-6(13)9-10(8)17-20-16-9/h4,7H,2-3,14H2,1H3,(H,15,18)/t7-/m0/s1. The molecule has 0 fully saturated rings. The second-order valence-electron chi connectivity index (χ2n) is 4.05. The average molecular weight is 351 g/mol. The molecule has 0 saturated heterocycles. The van der Waals surface area contributed by atoms with E-state index < -0.39 is 6.04 Å². The van der Waals surface area contributed by atoms with Crippen LogP contribution in [0.25, 0.3) is 0 Å². The van der Waals surface area contributed by atoms with Gasteiger partial charge in [-0.05, 0) is 24.5 Å². The molecule has 0 aliphatic carbocycles. The van der Waals surface area contributed by atoms with Gasteiger partial charge in [-0.15, -0.1) is 0 Å². The van der Waals surface area contributed by atoms with E-state index in [1.165, 1.54) is 6.07 Å². The van der Waals surface area contributed by atoms with E-state index in [0.717, 1.165) is 17.1 Å². The fraction of sp³-hybridized carbons (Fsp3) is 0.364. The number of anilines is 1. The van der Waals surface area contributed by atoms with Crippen LogP contribution in [0, 0.1) is 0 Å². The number of nitrogens with one attached hydrogen (secondary N) is 1. The minimum absolute atomic E-state index is 0.294. The van der Waals surface area contributed by atoms with Crippen molar-refractivity contribution in [3.8, 4) is 0 Å². The van der Waals surface area contributed by atoms with Gasteiger partial charge < -0.3 is 11.1 Å². The number of thioether (sulfide) groups is 1. The molecule has 1 aliphatic rings. The number of amides is 1. The predicted molar refractivity (Wildman–Crippen MR) is 87.6 cm³/mol. The third-order valence-electron chi connectivity index (χ3n) is 2.66. The lowest BCUT2D eigenvalue weighted by molar-refractivity contribution is -0.117. The molecule has 1 heterocycles. The highest BCUT2D eigenvalue weighted by Gasteiger charge is 2.22. The van der Waals surface area contributed by atoms with Crippen LogP contribution in [-0.4, -0.2) is 24.0 Å². The smallest absolute Gasteiger partial charge is 0.241 e. The zero-order valence-electron chi connectivity index (χ0n) is 10.5. The summed E-state index contributed by atoms with van der Waals surface area (Å²) in [6.07, 6.45) is 2.56. The summed E-state index contributed by atoms with van der Waals surface area (Å²) in [7, 11) is 0. The summed E-state index contributed by atoms with van der Waals surface area (Å²) in [4.78, 5) is 12.0. The highest BCUT2D eigenvalue weighted by molar-refractivity contribution is 7.98. The Kier molecular flexibility index (Phi) is 5.45. The number of carbonyl (C=O) groups excluding carboxylic acids is 1. The first kappa shape index (κ1) is 15.8. The first-order chi connectivity index (χ1) is 9.54. The van der Waals surface area contributed by atoms with Gasteiger partial charge in [0.05, 0.1) is 33.1 Å². The van der Waals surface area contributed by atoms with Crippen LogP contribution >= 0.6 is 35.0 Å². The van der Waals surface area contributed by atoms with Gasteiger partial charge in [-0.2, -0.15) is 20.5 Å². The summed E-state index contributed by atoms with van der Waals surface area (Å²) in [5.74, 6) is 0.522. The molecule has 1 atom stereocenters. The van der Waals surface area contributed by atoms with Gasteiger partial charge >= 0.3 is 0 Å². The van der Waals surface area contributed by atoms with Crippen LogP contribution in [0.3, 0.4) is 0 Å². The second kappa shape index (κ2) is 6.91. The maximum atomic E-state index is 12.0. The molecule has 0 saturated carbocycles. The van der Waals surface area contributed by atoms with Crippen molar-refractivity contribution in [3.05, 3.63) is 16.1 Å². The normalized spacial score (nSPS) is 13.8. The molecule has 1 amide bonds. The second-order valence-corrected chi connectivity index (χ2v) is 6.38. The van der Waals surface area contributed by atoms with E-state index in [4.69, 9.17) is 28.9 Å². The van der Waals surface area contributed by atoms with Crippen LogP contribution in [0.4, 0.5) is 17.1 Å². The Morgan fingerprint density at radius 3 is 2.85 bits per heavy atom. The number of halogens is 2. The summed E-state index contributed by atoms with van der Waals surface area (Å²) >= 11 is 14.8. The van der Waals surface area contributed by atoms with E-state index in [9.17, 15) is 4.79 Å². The monoisotopic (exact) mass is 350 g/mol. The average Bonchev–Trinajstić information content (AvgIpc) is 2.90. The minimum atomic E-state index is -0.587. The van der Waals surface area contributed by atoms with Crippen LogP contribution in [0.15, 0.2) is 14.8 Å². The Bertz CT molecular complexity index is 617. The lowest BCUT2D eigenvalue weighted by Gasteiger charge is -2.14. The molecule has 9 heteroatoms. The van der Waals surface area contributed by atoms with E-state index in [-0.39, 0.29) is 5.91 Å². The molecular weight excluding hydrogens is 339 g/mol. The summed E-state index contributed by atoms with van der Waals surface area (Å²) < 4.78 is 8.19. The summed E-state index contributed by atoms with van der Waals surface area (Å²) in [6.45, 7) is 0. The lowest BCUT2D eigenvalue weighted by atomic mass is 10.2. The number of hydrogen-bond acceptors (Lipinski definition) is 5. The molecule has 0 bridgehead atoms. The van der Waals surface area contributed by atoms with Crippen molar-refractivity contribution < 1.29 is 4.79 Å². The van der Waals surface area contributed by atoms with Crippen LogP contribution in [-0.2, 0) is 16.1 Å². The van der Waals surface area contributed by atoms with Crippen LogP contribution in [0.5, 0.6) is 0 Å². The maximum absolute atomic E-state index is 12.0. The number of fused-ring (bicyclic) bond motifs is 1. The Hall–Kier alpha value is -0.600. The molecular formula is C11H12Cl2N4OS2. The van der Waals surface area contributed by atoms with Crippen molar-refractivity contribution in [1.29, 1.82) is 0 Å². The molecule has 1 aromatic carbocycles. The minimum Gasteiger partial charge on any atom is -0.322 e. The Labute approximate surface area is 134 Å². The molecule has 0 aromatic heterocycles. The molecule has 1 aromatic rings. The van der Waals surface area contributed by atoms with Crippen LogP contribution < -0.4 is 11.1 Å². The Morgan fingerprint density at radius 2 is 2.15 bits per heavy atom. The summed E-state index contributed by atoms with van der Waals surface area (Å²) in [5.41, 5.74) is 7.24. The largest absolute Gasteiger partial charge is 0.322 e. The van der Waals surface area contributed by atoms with E-state index in [1.807, 2.05) is 6.26 Å². The number of nitrogens with zero attached hydrogens (tertiary/aromatic N) is 2. The lowest BCUT2D eigenvalue weighted by Crippen LogP contribution is -2.36. The SMILES string of the molecule is CSCC[C@H](N)C(=O)Nc1c(Cl)cc(Cl)c2c1N=S=N2. The topological polar surface area (TPSA) is 79.8 Å². The van der Waals surface area contributed by atoms with Gasteiger partial charge in [0.2, 0.25) is 5.91 Å². The summed E-state index contributed by atoms with van der Waals surface area (Å²) in [6, 6.07) is 0.950. The molecule has 0 radical (unpaired) electrons. The fourth-order valence-corrected chi connectivity index (χ4v) is 3.23. The molecule has 2 rings (SSSR count). The molecule has 0 unspecified atom stereocenters. The first-order valence-corrected chi connectivity index (χ1v) is 8.58. The first-order valence-electron chi connectivity index (χ1n) is 5.70. The zero-order valence-corrected chi connectivity index (χ0v) is 13.7. The van der Waals surface area contributed by atoms with Crippen LogP contribution in [0.2, 0.25) is 10.0 Å². The number of hydrogen-bond donors (Lipinski definition) is 2. The molecule has 1 aliphatic heterocycles. The van der Waals surface area contributed by atoms with Crippen LogP contribution in [0.1, 0.15) is 6.42 Å². The van der Waals surface area contributed by atoms with Gasteiger partial charge in [0.1, 0.15) is 11.4 Å². The quantitative estimate of drug-likeness (QED) is 0.861. The molecule has 0 spiro atoms. The predicted octanol–water partition coefficient (Wildman–Crippen LogP) is 3.74.